The molecule has 0 aliphatic heterocycles. The van der Waals surface area contributed by atoms with Gasteiger partial charge in [-0.2, -0.15) is 0 Å². The number of carbonyl (C=O) groups excluding carboxylic acids is 1. The summed E-state index contributed by atoms with van der Waals surface area (Å²) in [5.41, 5.74) is 1.09. The first-order valence-corrected chi connectivity index (χ1v) is 4.88. The molecule has 0 saturated carbocycles. The van der Waals surface area contributed by atoms with Crippen LogP contribution >= 0.6 is 0 Å². The Morgan fingerprint density at radius 2 is 1.76 bits per heavy atom. The Kier molecular flexibility index (Phi) is 2.78. The van der Waals surface area contributed by atoms with Gasteiger partial charge in [-0.15, -0.1) is 0 Å². The van der Waals surface area contributed by atoms with Gasteiger partial charge in [-0.3, -0.25) is 4.79 Å². The molecule has 0 atom stereocenters. The zero-order valence-electron chi connectivity index (χ0n) is 8.72. The molecule has 2 N–H and O–H groups in total. The average Bonchev–Trinajstić information content (AvgIpc) is 2.28. The lowest BCUT2D eigenvalue weighted by Crippen LogP contribution is -1.85. The van der Waals surface area contributed by atoms with Crippen LogP contribution in [0.2, 0.25) is 0 Å². The SMILES string of the molecule is O=Cc1cc(-c2cc(O)cc(F)c2)ccc1O. The lowest BCUT2D eigenvalue weighted by Gasteiger charge is -2.05. The quantitative estimate of drug-likeness (QED) is 0.782. The number of hydrogen-bond donors (Lipinski definition) is 2. The van der Waals surface area contributed by atoms with Gasteiger partial charge >= 0.3 is 0 Å². The third-order valence-electron chi connectivity index (χ3n) is 2.37. The van der Waals surface area contributed by atoms with Crippen molar-refractivity contribution >= 4 is 6.29 Å². The molecule has 0 radical (unpaired) electrons. The fraction of sp³-hybridized carbons (Fsp3) is 0. The fourth-order valence-electron chi connectivity index (χ4n) is 1.57. The Hall–Kier alpha value is -2.36. The van der Waals surface area contributed by atoms with Crippen molar-refractivity contribution in [2.45, 2.75) is 0 Å². The predicted molar refractivity (Wildman–Crippen MR) is 60.6 cm³/mol. The van der Waals surface area contributed by atoms with Gasteiger partial charge in [0.1, 0.15) is 17.3 Å². The molecular weight excluding hydrogens is 223 g/mol. The van der Waals surface area contributed by atoms with Gasteiger partial charge in [0.05, 0.1) is 5.56 Å². The zero-order chi connectivity index (χ0) is 12.4. The predicted octanol–water partition coefficient (Wildman–Crippen LogP) is 2.72. The van der Waals surface area contributed by atoms with Crippen molar-refractivity contribution in [3.63, 3.8) is 0 Å². The molecule has 3 nitrogen and oxygen atoms in total. The Bertz CT molecular complexity index is 559. The average molecular weight is 232 g/mol. The monoisotopic (exact) mass is 232 g/mol. The standard InChI is InChI=1S/C13H9FO3/c14-11-4-9(5-12(16)6-11)8-1-2-13(17)10(3-8)7-15/h1-7,16-17H. The van der Waals surface area contributed by atoms with Gasteiger partial charge in [-0.1, -0.05) is 6.07 Å². The smallest absolute Gasteiger partial charge is 0.153 e. The van der Waals surface area contributed by atoms with E-state index in [1.165, 1.54) is 30.3 Å². The Morgan fingerprint density at radius 1 is 1.00 bits per heavy atom. The molecule has 17 heavy (non-hydrogen) atoms. The van der Waals surface area contributed by atoms with E-state index in [1.54, 1.807) is 0 Å². The molecule has 0 aliphatic rings. The number of carbonyl (C=O) groups is 1. The fourth-order valence-corrected chi connectivity index (χ4v) is 1.57. The van der Waals surface area contributed by atoms with Crippen molar-refractivity contribution in [1.29, 1.82) is 0 Å². The molecule has 0 heterocycles. The van der Waals surface area contributed by atoms with Crippen LogP contribution in [0.5, 0.6) is 11.5 Å². The summed E-state index contributed by atoms with van der Waals surface area (Å²) in [5, 5.41) is 18.6. The number of aromatic hydroxyl groups is 2. The Labute approximate surface area is 96.8 Å². The lowest BCUT2D eigenvalue weighted by molar-refractivity contribution is 0.112. The largest absolute Gasteiger partial charge is 0.508 e. The van der Waals surface area contributed by atoms with Crippen LogP contribution in [0.15, 0.2) is 36.4 Å². The van der Waals surface area contributed by atoms with E-state index in [4.69, 9.17) is 0 Å². The summed E-state index contributed by atoms with van der Waals surface area (Å²) in [5.74, 6) is -0.897. The summed E-state index contributed by atoms with van der Waals surface area (Å²) in [4.78, 5) is 10.7. The van der Waals surface area contributed by atoms with E-state index < -0.39 is 5.82 Å². The molecule has 4 heteroatoms. The second-order valence-corrected chi connectivity index (χ2v) is 3.59. The van der Waals surface area contributed by atoms with Crippen LogP contribution < -0.4 is 0 Å². The first kappa shape index (κ1) is 11.1. The minimum Gasteiger partial charge on any atom is -0.508 e. The number of aldehydes is 1. The Balaban J connectivity index is 2.56. The lowest BCUT2D eigenvalue weighted by atomic mass is 10.0. The van der Waals surface area contributed by atoms with E-state index in [1.807, 2.05) is 0 Å². The summed E-state index contributed by atoms with van der Waals surface area (Å²) >= 11 is 0. The van der Waals surface area contributed by atoms with E-state index >= 15 is 0 Å². The highest BCUT2D eigenvalue weighted by Crippen LogP contribution is 2.28. The third-order valence-corrected chi connectivity index (χ3v) is 2.37. The van der Waals surface area contributed by atoms with E-state index in [0.29, 0.717) is 17.4 Å². The van der Waals surface area contributed by atoms with Crippen LogP contribution in [0.3, 0.4) is 0 Å². The van der Waals surface area contributed by atoms with Crippen molar-refractivity contribution in [3.05, 3.63) is 47.8 Å². The van der Waals surface area contributed by atoms with Gasteiger partial charge in [0.2, 0.25) is 0 Å². The van der Waals surface area contributed by atoms with Crippen molar-refractivity contribution in [3.8, 4) is 22.6 Å². The Morgan fingerprint density at radius 3 is 2.41 bits per heavy atom. The molecule has 0 aliphatic carbocycles. The number of halogens is 1. The molecule has 2 aromatic rings. The van der Waals surface area contributed by atoms with Gasteiger partial charge in [-0.25, -0.2) is 4.39 Å². The summed E-state index contributed by atoms with van der Waals surface area (Å²) in [6.07, 6.45) is 0.512. The van der Waals surface area contributed by atoms with Crippen molar-refractivity contribution < 1.29 is 19.4 Å². The van der Waals surface area contributed by atoms with Crippen molar-refractivity contribution in [1.82, 2.24) is 0 Å². The number of hydrogen-bond acceptors (Lipinski definition) is 3. The molecule has 0 unspecified atom stereocenters. The number of phenolic OH excluding ortho intramolecular Hbond substituents is 2. The van der Waals surface area contributed by atoms with Gasteiger partial charge < -0.3 is 10.2 Å². The summed E-state index contributed by atoms with van der Waals surface area (Å²) in [6.45, 7) is 0. The maximum atomic E-state index is 13.1. The second-order valence-electron chi connectivity index (χ2n) is 3.59. The van der Waals surface area contributed by atoms with E-state index in [-0.39, 0.29) is 17.1 Å². The first-order valence-electron chi connectivity index (χ1n) is 4.88. The molecule has 0 amide bonds. The van der Waals surface area contributed by atoms with Crippen LogP contribution in [-0.4, -0.2) is 16.5 Å². The minimum absolute atomic E-state index is 0.117. The summed E-state index contributed by atoms with van der Waals surface area (Å²) in [6, 6.07) is 7.92. The van der Waals surface area contributed by atoms with Gasteiger partial charge in [-0.05, 0) is 35.4 Å². The molecule has 2 rings (SSSR count). The highest BCUT2D eigenvalue weighted by atomic mass is 19.1. The van der Waals surface area contributed by atoms with Crippen LogP contribution in [0.1, 0.15) is 10.4 Å². The van der Waals surface area contributed by atoms with Crippen molar-refractivity contribution in [2.24, 2.45) is 0 Å². The van der Waals surface area contributed by atoms with Crippen molar-refractivity contribution in [2.75, 3.05) is 0 Å². The maximum Gasteiger partial charge on any atom is 0.153 e. The molecule has 0 spiro atoms. The molecule has 0 fully saturated rings. The topological polar surface area (TPSA) is 57.5 Å². The van der Waals surface area contributed by atoms with Crippen LogP contribution in [0.25, 0.3) is 11.1 Å². The van der Waals surface area contributed by atoms with Gasteiger partial charge in [0.15, 0.2) is 6.29 Å². The molecular formula is C13H9FO3. The second kappa shape index (κ2) is 4.25. The van der Waals surface area contributed by atoms with Gasteiger partial charge in [0.25, 0.3) is 0 Å². The summed E-state index contributed by atoms with van der Waals surface area (Å²) < 4.78 is 13.1. The van der Waals surface area contributed by atoms with E-state index in [2.05, 4.69) is 0 Å². The van der Waals surface area contributed by atoms with Crippen LogP contribution in [0, 0.1) is 5.82 Å². The third kappa shape index (κ3) is 2.25. The number of phenols is 2. The molecule has 86 valence electrons. The highest BCUT2D eigenvalue weighted by molar-refractivity contribution is 5.82. The van der Waals surface area contributed by atoms with E-state index in [0.717, 1.165) is 6.07 Å². The van der Waals surface area contributed by atoms with Crippen LogP contribution in [-0.2, 0) is 0 Å². The first-order chi connectivity index (χ1) is 8.10. The molecule has 0 aromatic heterocycles. The molecule has 2 aromatic carbocycles. The molecule has 0 bridgehead atoms. The highest BCUT2D eigenvalue weighted by Gasteiger charge is 2.06. The number of rotatable bonds is 2. The molecule has 0 saturated heterocycles. The number of benzene rings is 2. The maximum absolute atomic E-state index is 13.1. The normalized spacial score (nSPS) is 10.2. The zero-order valence-corrected chi connectivity index (χ0v) is 8.72. The van der Waals surface area contributed by atoms with Gasteiger partial charge in [0, 0.05) is 6.07 Å². The van der Waals surface area contributed by atoms with E-state index in [9.17, 15) is 19.4 Å². The van der Waals surface area contributed by atoms with Crippen LogP contribution in [0.4, 0.5) is 4.39 Å². The summed E-state index contributed by atoms with van der Waals surface area (Å²) in [7, 11) is 0. The minimum atomic E-state index is -0.569.